The van der Waals surface area contributed by atoms with E-state index in [1.165, 1.54) is 12.8 Å². The van der Waals surface area contributed by atoms with Gasteiger partial charge in [0.25, 0.3) is 5.91 Å². The molecule has 1 saturated heterocycles. The number of halogens is 1. The Morgan fingerprint density at radius 2 is 2.07 bits per heavy atom. The molecule has 2 fully saturated rings. The SMILES string of the molecule is O=C(NCC1CC1)c1ccc2c(n1)N(C(=O)Nc1cc(Br)ccn1)[C@H]1CCN2C1. The molecule has 1 atom stereocenters. The molecule has 1 saturated carbocycles. The molecule has 2 aliphatic heterocycles. The van der Waals surface area contributed by atoms with Crippen LogP contribution in [0.1, 0.15) is 29.8 Å². The topological polar surface area (TPSA) is 90.5 Å². The van der Waals surface area contributed by atoms with Crippen LogP contribution in [0, 0.1) is 5.92 Å². The molecule has 2 bridgehead atoms. The third-order valence-electron chi connectivity index (χ3n) is 5.61. The molecule has 5 rings (SSSR count). The normalized spacial score (nSPS) is 19.7. The Bertz CT molecular complexity index is 979. The summed E-state index contributed by atoms with van der Waals surface area (Å²) in [6.45, 7) is 2.32. The van der Waals surface area contributed by atoms with Gasteiger partial charge in [-0.25, -0.2) is 14.8 Å². The van der Waals surface area contributed by atoms with Crippen molar-refractivity contribution in [1.29, 1.82) is 0 Å². The van der Waals surface area contributed by atoms with Gasteiger partial charge in [-0.05, 0) is 49.4 Å². The summed E-state index contributed by atoms with van der Waals surface area (Å²) in [5.41, 5.74) is 1.22. The zero-order valence-electron chi connectivity index (χ0n) is 15.8. The van der Waals surface area contributed by atoms with Crippen LogP contribution in [0.4, 0.5) is 22.1 Å². The van der Waals surface area contributed by atoms with E-state index in [1.54, 1.807) is 29.3 Å². The van der Waals surface area contributed by atoms with Crippen LogP contribution in [0.2, 0.25) is 0 Å². The number of aromatic nitrogens is 2. The van der Waals surface area contributed by atoms with E-state index in [9.17, 15) is 9.59 Å². The van der Waals surface area contributed by atoms with Crippen molar-refractivity contribution in [2.75, 3.05) is 34.8 Å². The van der Waals surface area contributed by atoms with E-state index in [-0.39, 0.29) is 18.0 Å². The number of carbonyl (C=O) groups is 2. The first kappa shape index (κ1) is 18.4. The number of hydrogen-bond acceptors (Lipinski definition) is 5. The van der Waals surface area contributed by atoms with E-state index in [0.29, 0.717) is 29.8 Å². The third kappa shape index (κ3) is 3.66. The van der Waals surface area contributed by atoms with Gasteiger partial charge in [0.15, 0.2) is 5.82 Å². The van der Waals surface area contributed by atoms with Gasteiger partial charge in [-0.1, -0.05) is 15.9 Å². The minimum Gasteiger partial charge on any atom is -0.366 e. The molecule has 2 N–H and O–H groups in total. The first-order chi connectivity index (χ1) is 14.1. The highest BCUT2D eigenvalue weighted by Crippen LogP contribution is 2.39. The van der Waals surface area contributed by atoms with Gasteiger partial charge >= 0.3 is 6.03 Å². The van der Waals surface area contributed by atoms with Crippen molar-refractivity contribution < 1.29 is 9.59 Å². The molecule has 4 heterocycles. The lowest BCUT2D eigenvalue weighted by atomic mass is 10.1. The number of nitrogens with zero attached hydrogens (tertiary/aromatic N) is 4. The van der Waals surface area contributed by atoms with Crippen molar-refractivity contribution in [3.05, 3.63) is 40.6 Å². The number of anilines is 3. The summed E-state index contributed by atoms with van der Waals surface area (Å²) in [6.07, 6.45) is 4.83. The largest absolute Gasteiger partial charge is 0.366 e. The molecule has 0 unspecified atom stereocenters. The molecule has 0 aromatic carbocycles. The number of fused-ring (bicyclic) bond motifs is 4. The van der Waals surface area contributed by atoms with E-state index in [0.717, 1.165) is 29.7 Å². The van der Waals surface area contributed by atoms with Crippen molar-refractivity contribution in [3.8, 4) is 0 Å². The molecule has 3 aliphatic rings. The van der Waals surface area contributed by atoms with Crippen LogP contribution in [-0.4, -0.2) is 47.6 Å². The Kier molecular flexibility index (Phi) is 4.61. The summed E-state index contributed by atoms with van der Waals surface area (Å²) in [7, 11) is 0. The summed E-state index contributed by atoms with van der Waals surface area (Å²) in [6, 6.07) is 6.92. The highest BCUT2D eigenvalue weighted by Gasteiger charge is 2.40. The molecule has 29 heavy (non-hydrogen) atoms. The molecule has 2 aromatic heterocycles. The zero-order chi connectivity index (χ0) is 20.0. The Balaban J connectivity index is 1.43. The van der Waals surface area contributed by atoms with Crippen LogP contribution in [0.5, 0.6) is 0 Å². The van der Waals surface area contributed by atoms with Crippen LogP contribution in [-0.2, 0) is 0 Å². The monoisotopic (exact) mass is 456 g/mol. The van der Waals surface area contributed by atoms with Gasteiger partial charge in [0.1, 0.15) is 11.5 Å². The average molecular weight is 457 g/mol. The summed E-state index contributed by atoms with van der Waals surface area (Å²) in [4.78, 5) is 38.4. The van der Waals surface area contributed by atoms with Crippen molar-refractivity contribution in [2.24, 2.45) is 5.92 Å². The van der Waals surface area contributed by atoms with Crippen molar-refractivity contribution in [1.82, 2.24) is 15.3 Å². The molecular formula is C20H21BrN6O2. The van der Waals surface area contributed by atoms with E-state index in [2.05, 4.69) is 41.4 Å². The van der Waals surface area contributed by atoms with E-state index in [4.69, 9.17) is 0 Å². The third-order valence-corrected chi connectivity index (χ3v) is 6.10. The highest BCUT2D eigenvalue weighted by atomic mass is 79.9. The number of rotatable bonds is 4. The fourth-order valence-corrected chi connectivity index (χ4v) is 4.23. The van der Waals surface area contributed by atoms with Gasteiger partial charge < -0.3 is 10.2 Å². The lowest BCUT2D eigenvalue weighted by Crippen LogP contribution is -2.48. The van der Waals surface area contributed by atoms with Crippen LogP contribution in [0.15, 0.2) is 34.9 Å². The second kappa shape index (κ2) is 7.29. The maximum Gasteiger partial charge on any atom is 0.329 e. The molecule has 1 aliphatic carbocycles. The lowest BCUT2D eigenvalue weighted by Gasteiger charge is -2.35. The minimum atomic E-state index is -0.286. The zero-order valence-corrected chi connectivity index (χ0v) is 17.4. The number of nitrogens with one attached hydrogen (secondary N) is 2. The van der Waals surface area contributed by atoms with E-state index >= 15 is 0 Å². The predicted molar refractivity (Wildman–Crippen MR) is 113 cm³/mol. The van der Waals surface area contributed by atoms with Crippen LogP contribution >= 0.6 is 15.9 Å². The Morgan fingerprint density at radius 1 is 1.21 bits per heavy atom. The molecule has 2 aromatic rings. The number of hydrogen-bond donors (Lipinski definition) is 2. The number of pyridine rings is 2. The van der Waals surface area contributed by atoms with E-state index in [1.807, 2.05) is 6.07 Å². The summed E-state index contributed by atoms with van der Waals surface area (Å²) < 4.78 is 0.835. The second-order valence-corrected chi connectivity index (χ2v) is 8.66. The van der Waals surface area contributed by atoms with Crippen molar-refractivity contribution >= 4 is 45.2 Å². The maximum atomic E-state index is 13.1. The molecule has 3 amide bonds. The average Bonchev–Trinajstić information content (AvgIpc) is 3.45. The van der Waals surface area contributed by atoms with Gasteiger partial charge in [0, 0.05) is 30.3 Å². The standard InChI is InChI=1S/C20H21BrN6O2/c21-13-5-7-22-17(9-13)25-20(29)27-14-6-8-26(11-14)16-4-3-15(24-18(16)27)19(28)23-10-12-1-2-12/h3-5,7,9,12,14H,1-2,6,8,10-11H2,(H,23,28)(H,22,25,29)/t14-/m0/s1. The highest BCUT2D eigenvalue weighted by molar-refractivity contribution is 9.10. The Morgan fingerprint density at radius 3 is 2.86 bits per heavy atom. The summed E-state index contributed by atoms with van der Waals surface area (Å²) >= 11 is 3.39. The van der Waals surface area contributed by atoms with E-state index < -0.39 is 0 Å². The molecule has 8 nitrogen and oxygen atoms in total. The quantitative estimate of drug-likeness (QED) is 0.737. The number of carbonyl (C=O) groups excluding carboxylic acids is 2. The maximum absolute atomic E-state index is 13.1. The summed E-state index contributed by atoms with van der Waals surface area (Å²) in [5.74, 6) is 1.40. The first-order valence-corrected chi connectivity index (χ1v) is 10.6. The Hall–Kier alpha value is -2.68. The second-order valence-electron chi connectivity index (χ2n) is 7.74. The lowest BCUT2D eigenvalue weighted by molar-refractivity contribution is 0.0947. The van der Waals surface area contributed by atoms with Gasteiger partial charge in [-0.3, -0.25) is 15.0 Å². The minimum absolute atomic E-state index is 0.0203. The molecular weight excluding hydrogens is 436 g/mol. The predicted octanol–water partition coefficient (Wildman–Crippen LogP) is 3.01. The van der Waals surface area contributed by atoms with Gasteiger partial charge in [0.2, 0.25) is 0 Å². The van der Waals surface area contributed by atoms with Crippen LogP contribution < -0.4 is 20.4 Å². The molecule has 150 valence electrons. The smallest absolute Gasteiger partial charge is 0.329 e. The first-order valence-electron chi connectivity index (χ1n) is 9.84. The van der Waals surface area contributed by atoms with Crippen LogP contribution in [0.3, 0.4) is 0 Å². The Labute approximate surface area is 176 Å². The number of urea groups is 1. The molecule has 0 radical (unpaired) electrons. The fourth-order valence-electron chi connectivity index (χ4n) is 3.89. The fraction of sp³-hybridized carbons (Fsp3) is 0.400. The van der Waals surface area contributed by atoms with Gasteiger partial charge in [-0.15, -0.1) is 0 Å². The molecule has 0 spiro atoms. The number of amides is 3. The summed E-state index contributed by atoms with van der Waals surface area (Å²) in [5, 5.41) is 5.81. The molecule has 9 heteroatoms. The van der Waals surface area contributed by atoms with Crippen LogP contribution in [0.25, 0.3) is 0 Å². The van der Waals surface area contributed by atoms with Crippen molar-refractivity contribution in [2.45, 2.75) is 25.3 Å². The van der Waals surface area contributed by atoms with Crippen molar-refractivity contribution in [3.63, 3.8) is 0 Å². The van der Waals surface area contributed by atoms with Gasteiger partial charge in [-0.2, -0.15) is 0 Å². The van der Waals surface area contributed by atoms with Gasteiger partial charge in [0.05, 0.1) is 11.7 Å².